The third-order valence-corrected chi connectivity index (χ3v) is 4.03. The van der Waals surface area contributed by atoms with E-state index < -0.39 is 0 Å². The number of hydrogen-bond acceptors (Lipinski definition) is 6. The minimum atomic E-state index is -0.291. The molecule has 0 atom stereocenters. The second-order valence-electron chi connectivity index (χ2n) is 5.60. The molecule has 0 aliphatic carbocycles. The van der Waals surface area contributed by atoms with E-state index in [1.165, 1.54) is 0 Å². The first-order valence-electron chi connectivity index (χ1n) is 7.83. The number of likely N-dealkylation sites (N-methyl/N-ethyl adjacent to an activating group) is 1. The molecule has 1 aliphatic heterocycles. The number of nitrogens with zero attached hydrogens (tertiary/aromatic N) is 4. The van der Waals surface area contributed by atoms with Gasteiger partial charge in [-0.25, -0.2) is 4.98 Å². The van der Waals surface area contributed by atoms with Crippen LogP contribution in [0.1, 0.15) is 23.2 Å². The molecule has 2 aromatic rings. The van der Waals surface area contributed by atoms with Crippen LogP contribution in [0.2, 0.25) is 0 Å². The Labute approximate surface area is 135 Å². The Morgan fingerprint density at radius 2 is 2.09 bits per heavy atom. The van der Waals surface area contributed by atoms with Gasteiger partial charge in [-0.1, -0.05) is 12.1 Å². The molecule has 2 aromatic heterocycles. The number of carbonyl (C=O) groups excluding carboxylic acids is 1. The molecule has 3 rings (SSSR count). The molecule has 7 nitrogen and oxygen atoms in total. The summed E-state index contributed by atoms with van der Waals surface area (Å²) in [7, 11) is 0. The number of rotatable bonds is 4. The van der Waals surface area contributed by atoms with Crippen molar-refractivity contribution in [3.63, 3.8) is 0 Å². The highest BCUT2D eigenvalue weighted by atomic mass is 16.5. The number of pyridine rings is 1. The monoisotopic (exact) mass is 315 g/mol. The van der Waals surface area contributed by atoms with Crippen molar-refractivity contribution in [2.24, 2.45) is 0 Å². The van der Waals surface area contributed by atoms with Crippen molar-refractivity contribution in [2.45, 2.75) is 13.8 Å². The van der Waals surface area contributed by atoms with Gasteiger partial charge in [-0.3, -0.25) is 4.79 Å². The highest BCUT2D eigenvalue weighted by molar-refractivity contribution is 6.02. The van der Waals surface area contributed by atoms with Crippen LogP contribution >= 0.6 is 0 Å². The normalized spacial score (nSPS) is 15.7. The number of hydrogen-bond donors (Lipinski definition) is 1. The van der Waals surface area contributed by atoms with Crippen LogP contribution in [0.3, 0.4) is 0 Å². The van der Waals surface area contributed by atoms with Gasteiger partial charge >= 0.3 is 0 Å². The molecule has 0 aromatic carbocycles. The van der Waals surface area contributed by atoms with Crippen molar-refractivity contribution >= 4 is 17.4 Å². The van der Waals surface area contributed by atoms with Gasteiger partial charge < -0.3 is 19.6 Å². The molecule has 23 heavy (non-hydrogen) atoms. The zero-order valence-corrected chi connectivity index (χ0v) is 13.5. The van der Waals surface area contributed by atoms with Crippen molar-refractivity contribution in [3.8, 4) is 0 Å². The van der Waals surface area contributed by atoms with Crippen molar-refractivity contribution in [2.75, 3.05) is 42.9 Å². The minimum Gasteiger partial charge on any atom is -0.368 e. The van der Waals surface area contributed by atoms with Crippen LogP contribution in [0.25, 0.3) is 0 Å². The molecule has 1 saturated heterocycles. The molecule has 7 heteroatoms. The molecule has 1 N–H and O–H groups in total. The third-order valence-electron chi connectivity index (χ3n) is 4.03. The molecule has 1 fully saturated rings. The van der Waals surface area contributed by atoms with Gasteiger partial charge in [0.1, 0.15) is 11.5 Å². The Morgan fingerprint density at radius 3 is 2.65 bits per heavy atom. The lowest BCUT2D eigenvalue weighted by molar-refractivity contribution is 0.102. The van der Waals surface area contributed by atoms with E-state index in [0.29, 0.717) is 17.3 Å². The van der Waals surface area contributed by atoms with Gasteiger partial charge in [0.25, 0.3) is 5.91 Å². The van der Waals surface area contributed by atoms with Crippen LogP contribution in [-0.4, -0.2) is 53.7 Å². The number of anilines is 2. The predicted octanol–water partition coefficient (Wildman–Crippen LogP) is 1.77. The first-order chi connectivity index (χ1) is 11.2. The number of nitrogens with one attached hydrogen (secondary N) is 1. The van der Waals surface area contributed by atoms with Crippen molar-refractivity contribution in [3.05, 3.63) is 35.9 Å². The first-order valence-corrected chi connectivity index (χ1v) is 7.83. The second-order valence-corrected chi connectivity index (χ2v) is 5.60. The fraction of sp³-hybridized carbons (Fsp3) is 0.438. The summed E-state index contributed by atoms with van der Waals surface area (Å²) in [6, 6.07) is 5.35. The smallest absolute Gasteiger partial charge is 0.275 e. The van der Waals surface area contributed by atoms with E-state index in [0.717, 1.165) is 38.4 Å². The van der Waals surface area contributed by atoms with E-state index in [1.807, 2.05) is 6.07 Å². The number of carbonyl (C=O) groups is 1. The van der Waals surface area contributed by atoms with E-state index in [9.17, 15) is 4.79 Å². The molecule has 1 aliphatic rings. The SMILES string of the molecule is CCN1CCN(c2ccc(C(=O)Nc3cc(C)on3)nc2)CC1. The van der Waals surface area contributed by atoms with E-state index >= 15 is 0 Å². The van der Waals surface area contributed by atoms with Gasteiger partial charge in [-0.15, -0.1) is 0 Å². The number of amides is 1. The van der Waals surface area contributed by atoms with Crippen molar-refractivity contribution < 1.29 is 9.32 Å². The summed E-state index contributed by atoms with van der Waals surface area (Å²) in [4.78, 5) is 21.1. The maximum Gasteiger partial charge on any atom is 0.275 e. The van der Waals surface area contributed by atoms with Crippen LogP contribution in [0.15, 0.2) is 28.9 Å². The number of aryl methyl sites for hydroxylation is 1. The quantitative estimate of drug-likeness (QED) is 0.927. The lowest BCUT2D eigenvalue weighted by Crippen LogP contribution is -2.46. The summed E-state index contributed by atoms with van der Waals surface area (Å²) < 4.78 is 4.92. The zero-order valence-electron chi connectivity index (χ0n) is 13.5. The molecule has 0 saturated carbocycles. The van der Waals surface area contributed by atoms with Gasteiger partial charge in [-0.2, -0.15) is 0 Å². The molecule has 0 unspecified atom stereocenters. The lowest BCUT2D eigenvalue weighted by Gasteiger charge is -2.35. The zero-order chi connectivity index (χ0) is 16.2. The Bertz CT molecular complexity index is 659. The largest absolute Gasteiger partial charge is 0.368 e. The van der Waals surface area contributed by atoms with Gasteiger partial charge in [0.2, 0.25) is 0 Å². The van der Waals surface area contributed by atoms with E-state index in [-0.39, 0.29) is 5.91 Å². The van der Waals surface area contributed by atoms with Gasteiger partial charge in [0.15, 0.2) is 5.82 Å². The molecule has 3 heterocycles. The van der Waals surface area contributed by atoms with Crippen LogP contribution in [0, 0.1) is 6.92 Å². The van der Waals surface area contributed by atoms with Gasteiger partial charge in [0, 0.05) is 32.2 Å². The number of piperazine rings is 1. The lowest BCUT2D eigenvalue weighted by atomic mass is 10.2. The summed E-state index contributed by atoms with van der Waals surface area (Å²) in [5.74, 6) is 0.754. The summed E-state index contributed by atoms with van der Waals surface area (Å²) in [6.07, 6.45) is 1.75. The molecule has 122 valence electrons. The molecular weight excluding hydrogens is 294 g/mol. The molecule has 0 bridgehead atoms. The predicted molar refractivity (Wildman–Crippen MR) is 87.8 cm³/mol. The van der Waals surface area contributed by atoms with Gasteiger partial charge in [-0.05, 0) is 25.6 Å². The van der Waals surface area contributed by atoms with E-state index in [4.69, 9.17) is 4.52 Å². The van der Waals surface area contributed by atoms with Crippen LogP contribution in [-0.2, 0) is 0 Å². The van der Waals surface area contributed by atoms with Crippen LogP contribution in [0.4, 0.5) is 11.5 Å². The highest BCUT2D eigenvalue weighted by Crippen LogP contribution is 2.16. The second kappa shape index (κ2) is 6.78. The highest BCUT2D eigenvalue weighted by Gasteiger charge is 2.17. The number of aromatic nitrogens is 2. The average molecular weight is 315 g/mol. The summed E-state index contributed by atoms with van der Waals surface area (Å²) in [5.41, 5.74) is 1.41. The van der Waals surface area contributed by atoms with Crippen molar-refractivity contribution in [1.29, 1.82) is 0 Å². The average Bonchev–Trinajstić information content (AvgIpc) is 3.00. The summed E-state index contributed by atoms with van der Waals surface area (Å²) in [6.45, 7) is 9.13. The van der Waals surface area contributed by atoms with Crippen molar-refractivity contribution in [1.82, 2.24) is 15.0 Å². The fourth-order valence-electron chi connectivity index (χ4n) is 2.64. The maximum atomic E-state index is 12.1. The van der Waals surface area contributed by atoms with E-state index in [2.05, 4.69) is 32.2 Å². The Balaban J connectivity index is 1.61. The molecule has 0 radical (unpaired) electrons. The standard InChI is InChI=1S/C16H21N5O2/c1-3-20-6-8-21(9-7-20)13-4-5-14(17-11-13)16(22)18-15-10-12(2)23-19-15/h4-5,10-11H,3,6-9H2,1-2H3,(H,18,19,22). The Hall–Kier alpha value is -2.41. The van der Waals surface area contributed by atoms with Crippen LogP contribution < -0.4 is 10.2 Å². The molecule has 1 amide bonds. The third kappa shape index (κ3) is 3.68. The Morgan fingerprint density at radius 1 is 1.30 bits per heavy atom. The van der Waals surface area contributed by atoms with Crippen LogP contribution in [0.5, 0.6) is 0 Å². The Kier molecular flexibility index (Phi) is 4.57. The maximum absolute atomic E-state index is 12.1. The van der Waals surface area contributed by atoms with E-state index in [1.54, 1.807) is 25.3 Å². The topological polar surface area (TPSA) is 74.5 Å². The van der Waals surface area contributed by atoms with Gasteiger partial charge in [0.05, 0.1) is 11.9 Å². The summed E-state index contributed by atoms with van der Waals surface area (Å²) >= 11 is 0. The molecule has 0 spiro atoms. The molecular formula is C16H21N5O2. The first kappa shape index (κ1) is 15.5. The fourth-order valence-corrected chi connectivity index (χ4v) is 2.64. The summed E-state index contributed by atoms with van der Waals surface area (Å²) in [5, 5.41) is 6.40. The minimum absolute atomic E-state index is 0.291.